The molecular weight excluding hydrogens is 466 g/mol. The van der Waals surface area contributed by atoms with Crippen molar-refractivity contribution in [1.29, 1.82) is 5.53 Å². The SMILES string of the molecule is CCCCCCCCCCCCCCCCCCN.O=C1C=Cc2ccccc2C1=O.[N-]=[N+]=N.[N-]=[N+]=[N-]. The van der Waals surface area contributed by atoms with Crippen molar-refractivity contribution in [2.75, 3.05) is 6.54 Å². The van der Waals surface area contributed by atoms with Gasteiger partial charge in [0.15, 0.2) is 0 Å². The van der Waals surface area contributed by atoms with Crippen LogP contribution in [0.3, 0.4) is 0 Å². The number of nitrogens with two attached hydrogens (primary N) is 1. The molecule has 0 aliphatic heterocycles. The summed E-state index contributed by atoms with van der Waals surface area (Å²) in [6, 6.07) is 7.07. The second kappa shape index (κ2) is 29.1. The Balaban J connectivity index is 0. The number of benzene rings is 1. The average molecular weight is 513 g/mol. The maximum absolute atomic E-state index is 11.2. The number of nitrogens with zero attached hydrogens (tertiary/aromatic N) is 5. The Hall–Kier alpha value is -3.12. The third-order valence-electron chi connectivity index (χ3n) is 5.90. The minimum Gasteiger partial charge on any atom is -0.373 e. The number of carbonyl (C=O) groups excluding carboxylic acids is 2. The summed E-state index contributed by atoms with van der Waals surface area (Å²) in [6.07, 6.45) is 25.8. The molecule has 0 radical (unpaired) electrons. The van der Waals surface area contributed by atoms with E-state index in [0.717, 1.165) is 12.1 Å². The topological polar surface area (TPSA) is 179 Å². The largest absolute Gasteiger partial charge is 0.373 e. The van der Waals surface area contributed by atoms with Crippen molar-refractivity contribution in [3.8, 4) is 0 Å². The molecule has 1 aromatic rings. The van der Waals surface area contributed by atoms with Crippen molar-refractivity contribution >= 4 is 17.6 Å². The first-order valence-electron chi connectivity index (χ1n) is 13.6. The zero-order chi connectivity index (χ0) is 28.0. The molecule has 9 heteroatoms. The Morgan fingerprint density at radius 1 is 0.703 bits per heavy atom. The predicted octanol–water partition coefficient (Wildman–Crippen LogP) is 9.41. The van der Waals surface area contributed by atoms with Gasteiger partial charge in [0.2, 0.25) is 11.6 Å². The molecule has 1 aliphatic rings. The highest BCUT2D eigenvalue weighted by Gasteiger charge is 2.19. The van der Waals surface area contributed by atoms with Gasteiger partial charge in [0.05, 0.1) is 0 Å². The zero-order valence-electron chi connectivity index (χ0n) is 22.6. The van der Waals surface area contributed by atoms with Crippen LogP contribution in [0.1, 0.15) is 126 Å². The smallest absolute Gasteiger partial charge is 0.233 e. The number of allylic oxidation sites excluding steroid dienone is 1. The summed E-state index contributed by atoms with van der Waals surface area (Å²) in [5, 5.41) is 0. The van der Waals surface area contributed by atoms with Crippen molar-refractivity contribution in [2.24, 2.45) is 5.73 Å². The number of rotatable bonds is 16. The number of ketones is 2. The lowest BCUT2D eigenvalue weighted by Crippen LogP contribution is -2.15. The van der Waals surface area contributed by atoms with Crippen LogP contribution in [0.2, 0.25) is 0 Å². The van der Waals surface area contributed by atoms with E-state index in [1.54, 1.807) is 23.1 Å². The van der Waals surface area contributed by atoms with Crippen molar-refractivity contribution in [2.45, 2.75) is 110 Å². The first-order valence-corrected chi connectivity index (χ1v) is 13.6. The van der Waals surface area contributed by atoms with Gasteiger partial charge < -0.3 is 16.8 Å². The molecule has 0 aromatic heterocycles. The zero-order valence-corrected chi connectivity index (χ0v) is 22.6. The number of carbonyl (C=O) groups is 2. The average Bonchev–Trinajstić information content (AvgIpc) is 2.90. The minimum atomic E-state index is -0.436. The number of unbranched alkanes of at least 4 members (excludes halogenated alkanes) is 15. The number of Topliss-reactive ketones (excluding diaryl/α,β-unsaturated/α-hetero) is 1. The van der Waals surface area contributed by atoms with Crippen molar-refractivity contribution in [1.82, 2.24) is 0 Å². The number of fused-ring (bicyclic) bond motifs is 1. The summed E-state index contributed by atoms with van der Waals surface area (Å²) >= 11 is 0. The van der Waals surface area contributed by atoms with E-state index in [1.165, 1.54) is 114 Å². The summed E-state index contributed by atoms with van der Waals surface area (Å²) in [5.41, 5.74) is 32.6. The standard InChI is InChI=1S/C18H39N.C10H6O2.HN3.N3/c1-2-3-4-5-6-7-8-9-10-11-12-13-14-15-16-17-18-19;11-9-6-5-7-3-1-2-4-8(7)10(9)12;2*1-3-2/h2-19H2,1H3;1-6H;1H;/q;;;-1. The summed E-state index contributed by atoms with van der Waals surface area (Å²) in [7, 11) is 0. The molecule has 0 atom stereocenters. The van der Waals surface area contributed by atoms with Crippen LogP contribution >= 0.6 is 0 Å². The van der Waals surface area contributed by atoms with E-state index in [0.29, 0.717) is 5.56 Å². The summed E-state index contributed by atoms with van der Waals surface area (Å²) in [4.78, 5) is 25.4. The Bertz CT molecular complexity index is 785. The summed E-state index contributed by atoms with van der Waals surface area (Å²) < 4.78 is 0. The van der Waals surface area contributed by atoms with Crippen LogP contribution in [-0.4, -0.2) is 18.1 Å². The molecule has 0 unspecified atom stereocenters. The maximum Gasteiger partial charge on any atom is 0.233 e. The van der Waals surface area contributed by atoms with Gasteiger partial charge in [0.25, 0.3) is 0 Å². The highest BCUT2D eigenvalue weighted by molar-refractivity contribution is 6.49. The third-order valence-corrected chi connectivity index (χ3v) is 5.90. The molecule has 1 aromatic carbocycles. The van der Waals surface area contributed by atoms with Crippen LogP contribution in [-0.2, 0) is 4.79 Å². The van der Waals surface area contributed by atoms with Crippen LogP contribution in [0.15, 0.2) is 30.3 Å². The van der Waals surface area contributed by atoms with Gasteiger partial charge in [-0.15, -0.1) is 5.53 Å². The minimum absolute atomic E-state index is 0.409. The summed E-state index contributed by atoms with van der Waals surface area (Å²) in [6.45, 7) is 3.16. The van der Waals surface area contributed by atoms with Gasteiger partial charge in [-0.1, -0.05) is 134 Å². The number of hydrogen-bond donors (Lipinski definition) is 2. The van der Waals surface area contributed by atoms with Gasteiger partial charge in [0.1, 0.15) is 0 Å². The van der Waals surface area contributed by atoms with Crippen LogP contribution in [0, 0.1) is 5.53 Å². The van der Waals surface area contributed by atoms with E-state index in [1.807, 2.05) is 12.1 Å². The van der Waals surface area contributed by atoms with E-state index in [9.17, 15) is 9.59 Å². The van der Waals surface area contributed by atoms with Gasteiger partial charge in [-0.25, -0.2) is 0 Å². The highest BCUT2D eigenvalue weighted by Crippen LogP contribution is 2.16. The van der Waals surface area contributed by atoms with Crippen LogP contribution in [0.5, 0.6) is 0 Å². The summed E-state index contributed by atoms with van der Waals surface area (Å²) in [5.74, 6) is -0.846. The normalized spacial score (nSPS) is 10.9. The van der Waals surface area contributed by atoms with Gasteiger partial charge in [0, 0.05) is 5.56 Å². The molecule has 0 spiro atoms. The maximum atomic E-state index is 11.2. The van der Waals surface area contributed by atoms with Crippen LogP contribution < -0.4 is 5.73 Å². The molecule has 3 N–H and O–H groups in total. The van der Waals surface area contributed by atoms with Crippen molar-refractivity contribution < 1.29 is 9.59 Å². The first kappa shape index (κ1) is 36.0. The lowest BCUT2D eigenvalue weighted by atomic mass is 9.96. The van der Waals surface area contributed by atoms with Gasteiger partial charge >= 0.3 is 0 Å². The van der Waals surface area contributed by atoms with Crippen LogP contribution in [0.25, 0.3) is 32.5 Å². The molecule has 0 heterocycles. The van der Waals surface area contributed by atoms with Gasteiger partial charge in [-0.2, -0.15) is 0 Å². The molecule has 0 fully saturated rings. The fraction of sp³-hybridized carbons (Fsp3) is 0.643. The van der Waals surface area contributed by atoms with E-state index in [-0.39, 0.29) is 0 Å². The Labute approximate surface area is 222 Å². The van der Waals surface area contributed by atoms with E-state index >= 15 is 0 Å². The molecule has 9 nitrogen and oxygen atoms in total. The fourth-order valence-electron chi connectivity index (χ4n) is 3.92. The van der Waals surface area contributed by atoms with E-state index in [4.69, 9.17) is 27.9 Å². The molecule has 206 valence electrons. The second-order valence-electron chi connectivity index (χ2n) is 8.90. The molecule has 0 amide bonds. The lowest BCUT2D eigenvalue weighted by Gasteiger charge is -2.06. The molecule has 0 saturated heterocycles. The lowest BCUT2D eigenvalue weighted by molar-refractivity contribution is -0.110. The molecular formula is C28H46N7O2-. The van der Waals surface area contributed by atoms with Crippen LogP contribution in [0.4, 0.5) is 0 Å². The Morgan fingerprint density at radius 3 is 1.49 bits per heavy atom. The Kier molecular flexibility index (Phi) is 28.4. The number of hydrogen-bond acceptors (Lipinski definition) is 4. The molecule has 0 saturated carbocycles. The molecule has 0 bridgehead atoms. The molecule has 2 rings (SSSR count). The first-order chi connectivity index (χ1) is 18.0. The molecule has 1 aliphatic carbocycles. The van der Waals surface area contributed by atoms with Gasteiger partial charge in [-0.05, 0) is 35.0 Å². The highest BCUT2D eigenvalue weighted by atomic mass is 16.2. The fourth-order valence-corrected chi connectivity index (χ4v) is 3.92. The molecule has 37 heavy (non-hydrogen) atoms. The van der Waals surface area contributed by atoms with Crippen molar-refractivity contribution in [3.63, 3.8) is 0 Å². The Morgan fingerprint density at radius 2 is 1.08 bits per heavy atom. The van der Waals surface area contributed by atoms with E-state index in [2.05, 4.69) is 6.92 Å². The second-order valence-corrected chi connectivity index (χ2v) is 8.90. The number of nitrogens with one attached hydrogen (secondary N) is 1. The third kappa shape index (κ3) is 23.1. The van der Waals surface area contributed by atoms with Crippen molar-refractivity contribution in [3.05, 3.63) is 67.9 Å². The van der Waals surface area contributed by atoms with E-state index < -0.39 is 11.6 Å². The van der Waals surface area contributed by atoms with Gasteiger partial charge in [-0.3, -0.25) is 14.5 Å². The predicted molar refractivity (Wildman–Crippen MR) is 153 cm³/mol. The quantitative estimate of drug-likeness (QED) is 0.0737. The monoisotopic (exact) mass is 512 g/mol.